The number of hydrogen-bond donors (Lipinski definition) is 5. The first-order valence-corrected chi connectivity index (χ1v) is 8.97. The lowest BCUT2D eigenvalue weighted by Crippen LogP contribution is -2.07. The maximum atomic E-state index is 5.75. The summed E-state index contributed by atoms with van der Waals surface area (Å²) in [6.45, 7) is 0. The lowest BCUT2D eigenvalue weighted by molar-refractivity contribution is 1.06. The average Bonchev–Trinajstić information content (AvgIpc) is 2.72. The molecule has 0 unspecified atom stereocenters. The summed E-state index contributed by atoms with van der Waals surface area (Å²) < 4.78 is 0. The largest absolute Gasteiger partial charge is 0.399 e. The van der Waals surface area contributed by atoms with Gasteiger partial charge < -0.3 is 27.4 Å². The topological polar surface area (TPSA) is 127 Å². The van der Waals surface area contributed by atoms with Crippen LogP contribution in [0.25, 0.3) is 0 Å². The Labute approximate surface area is 168 Å². The van der Waals surface area contributed by atoms with Crippen molar-refractivity contribution in [2.75, 3.05) is 27.4 Å². The van der Waals surface area contributed by atoms with E-state index in [0.29, 0.717) is 29.2 Å². The van der Waals surface area contributed by atoms with Crippen molar-refractivity contribution in [1.29, 1.82) is 0 Å². The fourth-order valence-electron chi connectivity index (χ4n) is 2.59. The molecule has 8 nitrogen and oxygen atoms in total. The third-order valence-corrected chi connectivity index (χ3v) is 4.00. The second-order valence-corrected chi connectivity index (χ2v) is 6.29. The van der Waals surface area contributed by atoms with Crippen LogP contribution in [0, 0.1) is 0 Å². The molecule has 0 bridgehead atoms. The predicted octanol–water partition coefficient (Wildman–Crippen LogP) is 4.27. The number of nitrogens with two attached hydrogens (primary N) is 2. The average molecular weight is 384 g/mol. The van der Waals surface area contributed by atoms with Gasteiger partial charge in [0.1, 0.15) is 0 Å². The van der Waals surface area contributed by atoms with Gasteiger partial charge in [-0.15, -0.1) is 0 Å². The minimum Gasteiger partial charge on any atom is -0.399 e. The van der Waals surface area contributed by atoms with Gasteiger partial charge in [0.05, 0.1) is 0 Å². The van der Waals surface area contributed by atoms with Crippen LogP contribution in [0.4, 0.5) is 46.3 Å². The Morgan fingerprint density at radius 3 is 1.17 bits per heavy atom. The monoisotopic (exact) mass is 384 g/mol. The Morgan fingerprint density at radius 1 is 0.448 bits per heavy atom. The van der Waals surface area contributed by atoms with Crippen LogP contribution in [-0.4, -0.2) is 15.0 Å². The SMILES string of the molecule is Nc1ccc(Nc2nc(Nc3ccccc3)nc(Nc3ccc(N)cc3)n2)cc1. The van der Waals surface area contributed by atoms with Crippen LogP contribution in [0.15, 0.2) is 78.9 Å². The van der Waals surface area contributed by atoms with Gasteiger partial charge in [-0.25, -0.2) is 0 Å². The number of hydrogen-bond acceptors (Lipinski definition) is 8. The molecule has 0 aliphatic carbocycles. The van der Waals surface area contributed by atoms with Gasteiger partial charge in [-0.05, 0) is 60.7 Å². The first kappa shape index (κ1) is 18.1. The molecule has 4 aromatic rings. The Bertz CT molecular complexity index is 1010. The number of nitrogen functional groups attached to an aromatic ring is 2. The van der Waals surface area contributed by atoms with Crippen LogP contribution < -0.4 is 27.4 Å². The van der Waals surface area contributed by atoms with Gasteiger partial charge in [0.25, 0.3) is 0 Å². The quantitative estimate of drug-likeness (QED) is 0.312. The molecule has 0 atom stereocenters. The molecule has 1 aromatic heterocycles. The smallest absolute Gasteiger partial charge is 0.233 e. The van der Waals surface area contributed by atoms with Crippen molar-refractivity contribution in [3.8, 4) is 0 Å². The van der Waals surface area contributed by atoms with Crippen molar-refractivity contribution in [1.82, 2.24) is 15.0 Å². The highest BCUT2D eigenvalue weighted by Crippen LogP contribution is 2.21. The summed E-state index contributed by atoms with van der Waals surface area (Å²) in [4.78, 5) is 13.4. The summed E-state index contributed by atoms with van der Waals surface area (Å²) in [5.74, 6) is 1.18. The van der Waals surface area contributed by atoms with Crippen molar-refractivity contribution < 1.29 is 0 Å². The summed E-state index contributed by atoms with van der Waals surface area (Å²) in [7, 11) is 0. The molecule has 4 rings (SSSR count). The highest BCUT2D eigenvalue weighted by Gasteiger charge is 2.08. The maximum Gasteiger partial charge on any atom is 0.233 e. The number of nitrogens with zero attached hydrogens (tertiary/aromatic N) is 3. The molecule has 0 fully saturated rings. The predicted molar refractivity (Wildman–Crippen MR) is 118 cm³/mol. The normalized spacial score (nSPS) is 10.3. The van der Waals surface area contributed by atoms with Crippen LogP contribution in [-0.2, 0) is 0 Å². The highest BCUT2D eigenvalue weighted by molar-refractivity contribution is 5.63. The van der Waals surface area contributed by atoms with E-state index in [1.54, 1.807) is 24.3 Å². The molecule has 29 heavy (non-hydrogen) atoms. The van der Waals surface area contributed by atoms with Crippen molar-refractivity contribution >= 4 is 46.3 Å². The molecule has 0 saturated heterocycles. The van der Waals surface area contributed by atoms with Crippen LogP contribution in [0.1, 0.15) is 0 Å². The van der Waals surface area contributed by atoms with Crippen molar-refractivity contribution in [2.24, 2.45) is 0 Å². The van der Waals surface area contributed by atoms with E-state index in [-0.39, 0.29) is 0 Å². The van der Waals surface area contributed by atoms with Crippen LogP contribution >= 0.6 is 0 Å². The van der Waals surface area contributed by atoms with E-state index in [1.807, 2.05) is 54.6 Å². The van der Waals surface area contributed by atoms with Crippen LogP contribution in [0.3, 0.4) is 0 Å². The van der Waals surface area contributed by atoms with Gasteiger partial charge in [0.2, 0.25) is 17.8 Å². The molecule has 0 aliphatic heterocycles. The van der Waals surface area contributed by atoms with Gasteiger partial charge in [-0.2, -0.15) is 15.0 Å². The maximum absolute atomic E-state index is 5.75. The standard InChI is InChI=1S/C21H20N8/c22-14-6-10-17(11-7-14)25-20-27-19(24-16-4-2-1-3-5-16)28-21(29-20)26-18-12-8-15(23)9-13-18/h1-13H,22-23H2,(H3,24,25,26,27,28,29). The molecule has 7 N–H and O–H groups in total. The molecule has 0 aliphatic rings. The second kappa shape index (κ2) is 8.13. The lowest BCUT2D eigenvalue weighted by atomic mass is 10.3. The highest BCUT2D eigenvalue weighted by atomic mass is 15.3. The third kappa shape index (κ3) is 4.89. The number of anilines is 8. The van der Waals surface area contributed by atoms with Crippen LogP contribution in [0.5, 0.6) is 0 Å². The zero-order chi connectivity index (χ0) is 20.1. The fourth-order valence-corrected chi connectivity index (χ4v) is 2.59. The van der Waals surface area contributed by atoms with Gasteiger partial charge in [-0.1, -0.05) is 18.2 Å². The Balaban J connectivity index is 1.64. The number of nitrogens with one attached hydrogen (secondary N) is 3. The van der Waals surface area contributed by atoms with Gasteiger partial charge in [0, 0.05) is 28.4 Å². The van der Waals surface area contributed by atoms with E-state index in [2.05, 4.69) is 30.9 Å². The Hall–Kier alpha value is -4.33. The minimum atomic E-state index is 0.390. The van der Waals surface area contributed by atoms with E-state index in [9.17, 15) is 0 Å². The molecule has 8 heteroatoms. The molecular formula is C21H20N8. The molecule has 0 spiro atoms. The second-order valence-electron chi connectivity index (χ2n) is 6.29. The molecule has 0 amide bonds. The van der Waals surface area contributed by atoms with E-state index in [4.69, 9.17) is 11.5 Å². The number of aromatic nitrogens is 3. The number of benzene rings is 3. The first-order valence-electron chi connectivity index (χ1n) is 8.97. The lowest BCUT2D eigenvalue weighted by Gasteiger charge is -2.12. The number of para-hydroxylation sites is 1. The first-order chi connectivity index (χ1) is 14.1. The summed E-state index contributed by atoms with van der Waals surface area (Å²) >= 11 is 0. The van der Waals surface area contributed by atoms with Crippen LogP contribution in [0.2, 0.25) is 0 Å². The summed E-state index contributed by atoms with van der Waals surface area (Å²) in [5, 5.41) is 9.54. The molecule has 0 saturated carbocycles. The zero-order valence-corrected chi connectivity index (χ0v) is 15.5. The van der Waals surface area contributed by atoms with E-state index in [0.717, 1.165) is 17.1 Å². The molecular weight excluding hydrogens is 364 g/mol. The van der Waals surface area contributed by atoms with Crippen molar-refractivity contribution in [3.63, 3.8) is 0 Å². The minimum absolute atomic E-state index is 0.390. The summed E-state index contributed by atoms with van der Waals surface area (Å²) in [6.07, 6.45) is 0. The molecule has 0 radical (unpaired) electrons. The third-order valence-electron chi connectivity index (χ3n) is 4.00. The fraction of sp³-hybridized carbons (Fsp3) is 0. The summed E-state index contributed by atoms with van der Waals surface area (Å²) in [5.41, 5.74) is 15.4. The Morgan fingerprint density at radius 2 is 0.793 bits per heavy atom. The molecule has 3 aromatic carbocycles. The van der Waals surface area contributed by atoms with Crippen molar-refractivity contribution in [3.05, 3.63) is 78.9 Å². The van der Waals surface area contributed by atoms with Crippen molar-refractivity contribution in [2.45, 2.75) is 0 Å². The number of rotatable bonds is 6. The molecule has 144 valence electrons. The van der Waals surface area contributed by atoms with E-state index in [1.165, 1.54) is 0 Å². The zero-order valence-electron chi connectivity index (χ0n) is 15.5. The Kier molecular flexibility index (Phi) is 5.06. The summed E-state index contributed by atoms with van der Waals surface area (Å²) in [6, 6.07) is 24.3. The van der Waals surface area contributed by atoms with E-state index >= 15 is 0 Å². The van der Waals surface area contributed by atoms with Gasteiger partial charge >= 0.3 is 0 Å². The van der Waals surface area contributed by atoms with Gasteiger partial charge in [-0.3, -0.25) is 0 Å². The molecule has 1 heterocycles. The van der Waals surface area contributed by atoms with E-state index < -0.39 is 0 Å². The van der Waals surface area contributed by atoms with Gasteiger partial charge in [0.15, 0.2) is 0 Å².